The molecule has 3 N–H and O–H groups in total. The average molecular weight is 224 g/mol. The fourth-order valence-corrected chi connectivity index (χ4v) is 2.29. The molecule has 5 nitrogen and oxygen atoms in total. The van der Waals surface area contributed by atoms with Crippen LogP contribution < -0.4 is 0 Å². The Morgan fingerprint density at radius 1 is 1.29 bits per heavy atom. The molecule has 1 rings (SSSR count). The van der Waals surface area contributed by atoms with Gasteiger partial charge in [-0.05, 0) is 12.8 Å². The minimum absolute atomic E-state index is 0.321. The highest BCUT2D eigenvalue weighted by atomic mass is 31.2. The Balaban J connectivity index is 2.53. The number of aliphatic hydroxyl groups is 2. The maximum atomic E-state index is 11.3. The molecule has 84 valence electrons. The molecule has 14 heavy (non-hydrogen) atoms. The van der Waals surface area contributed by atoms with Gasteiger partial charge in [0.2, 0.25) is 0 Å². The quantitative estimate of drug-likeness (QED) is 0.495. The van der Waals surface area contributed by atoms with Crippen LogP contribution in [0.15, 0.2) is 0 Å². The molecule has 0 bridgehead atoms. The first kappa shape index (κ1) is 12.1. The lowest BCUT2D eigenvalue weighted by molar-refractivity contribution is -0.0952. The predicted molar refractivity (Wildman–Crippen MR) is 50.6 cm³/mol. The van der Waals surface area contributed by atoms with E-state index in [4.69, 9.17) is 14.7 Å². The molecule has 0 aromatic rings. The van der Waals surface area contributed by atoms with Crippen molar-refractivity contribution in [3.05, 3.63) is 0 Å². The van der Waals surface area contributed by atoms with Crippen LogP contribution in [-0.2, 0) is 9.09 Å². The molecule has 1 fully saturated rings. The van der Waals surface area contributed by atoms with E-state index in [-0.39, 0.29) is 6.10 Å². The molecule has 0 aromatic heterocycles. The molecule has 0 spiro atoms. The molecule has 1 aliphatic carbocycles. The van der Waals surface area contributed by atoms with Gasteiger partial charge >= 0.3 is 7.60 Å². The van der Waals surface area contributed by atoms with Crippen molar-refractivity contribution in [3.8, 4) is 0 Å². The van der Waals surface area contributed by atoms with E-state index in [0.29, 0.717) is 12.8 Å². The van der Waals surface area contributed by atoms with Crippen LogP contribution >= 0.6 is 7.60 Å². The molecular weight excluding hydrogens is 207 g/mol. The minimum Gasteiger partial charge on any atom is -0.356 e. The van der Waals surface area contributed by atoms with Crippen LogP contribution in [0.2, 0.25) is 0 Å². The zero-order valence-electron chi connectivity index (χ0n) is 8.22. The molecule has 1 saturated carbocycles. The third-order valence-electron chi connectivity index (χ3n) is 2.38. The average Bonchev–Trinajstić information content (AvgIpc) is 2.03. The Labute approximate surface area is 83.2 Å². The van der Waals surface area contributed by atoms with E-state index in [1.807, 2.05) is 0 Å². The van der Waals surface area contributed by atoms with E-state index in [0.717, 1.165) is 26.2 Å². The van der Waals surface area contributed by atoms with Gasteiger partial charge in [0.15, 0.2) is 0 Å². The molecule has 0 heterocycles. The smallest absolute Gasteiger partial charge is 0.356 e. The summed E-state index contributed by atoms with van der Waals surface area (Å²) < 4.78 is 16.2. The van der Waals surface area contributed by atoms with Crippen LogP contribution in [0.1, 0.15) is 39.0 Å². The van der Waals surface area contributed by atoms with E-state index in [1.165, 1.54) is 0 Å². The minimum atomic E-state index is -4.33. The van der Waals surface area contributed by atoms with Crippen LogP contribution in [0.25, 0.3) is 0 Å². The Kier molecular flexibility index (Phi) is 3.72. The second-order valence-electron chi connectivity index (χ2n) is 3.86. The van der Waals surface area contributed by atoms with Gasteiger partial charge in [-0.1, -0.05) is 19.3 Å². The third-order valence-corrected chi connectivity index (χ3v) is 4.03. The van der Waals surface area contributed by atoms with Gasteiger partial charge in [0.25, 0.3) is 5.53 Å². The largest absolute Gasteiger partial charge is 0.386 e. The van der Waals surface area contributed by atoms with Gasteiger partial charge in [0.05, 0.1) is 6.10 Å². The first-order chi connectivity index (χ1) is 6.33. The predicted octanol–water partition coefficient (Wildman–Crippen LogP) is 1.18. The van der Waals surface area contributed by atoms with E-state index in [9.17, 15) is 9.46 Å². The van der Waals surface area contributed by atoms with Crippen molar-refractivity contribution in [2.45, 2.75) is 50.7 Å². The fraction of sp³-hybridized carbons (Fsp3) is 1.00. The van der Waals surface area contributed by atoms with Crippen molar-refractivity contribution >= 4 is 7.60 Å². The molecular formula is C8H17O5P. The topological polar surface area (TPSA) is 87.0 Å². The molecule has 1 atom stereocenters. The van der Waals surface area contributed by atoms with Gasteiger partial charge in [-0.3, -0.25) is 4.57 Å². The van der Waals surface area contributed by atoms with Crippen molar-refractivity contribution in [2.24, 2.45) is 0 Å². The lowest BCUT2D eigenvalue weighted by Gasteiger charge is -2.28. The summed E-state index contributed by atoms with van der Waals surface area (Å²) >= 11 is 0. The normalized spacial score (nSPS) is 24.6. The lowest BCUT2D eigenvalue weighted by Crippen LogP contribution is -2.27. The monoisotopic (exact) mass is 224 g/mol. The van der Waals surface area contributed by atoms with Crippen LogP contribution in [0, 0.1) is 0 Å². The zero-order valence-corrected chi connectivity index (χ0v) is 9.11. The molecule has 1 aliphatic rings. The Hall–Kier alpha value is 0.0700. The van der Waals surface area contributed by atoms with Crippen molar-refractivity contribution in [1.29, 1.82) is 0 Å². The van der Waals surface area contributed by atoms with E-state index >= 15 is 0 Å². The fourth-order valence-electron chi connectivity index (χ4n) is 1.47. The van der Waals surface area contributed by atoms with Crippen molar-refractivity contribution in [2.75, 3.05) is 0 Å². The number of hydrogen-bond acceptors (Lipinski definition) is 4. The van der Waals surface area contributed by atoms with Gasteiger partial charge < -0.3 is 19.6 Å². The standard InChI is InChI=1S/C8H17O5P/c1-8(9,10)14(11,12)13-7-5-3-2-4-6-7/h7,9-10H,2-6H2,1H3,(H,11,12). The first-order valence-electron chi connectivity index (χ1n) is 4.79. The Morgan fingerprint density at radius 2 is 1.79 bits per heavy atom. The van der Waals surface area contributed by atoms with Crippen LogP contribution in [-0.4, -0.2) is 26.7 Å². The first-order valence-corrected chi connectivity index (χ1v) is 6.37. The summed E-state index contributed by atoms with van der Waals surface area (Å²) in [5.41, 5.74) is -2.66. The molecule has 0 amide bonds. The summed E-state index contributed by atoms with van der Waals surface area (Å²) in [5.74, 6) is 0. The second kappa shape index (κ2) is 4.29. The number of rotatable bonds is 3. The van der Waals surface area contributed by atoms with E-state index in [2.05, 4.69) is 0 Å². The Bertz CT molecular complexity index is 228. The van der Waals surface area contributed by atoms with Crippen molar-refractivity contribution in [1.82, 2.24) is 0 Å². The Morgan fingerprint density at radius 3 is 2.21 bits per heavy atom. The van der Waals surface area contributed by atoms with Gasteiger partial charge in [0, 0.05) is 6.92 Å². The van der Waals surface area contributed by atoms with Gasteiger partial charge in [0.1, 0.15) is 0 Å². The van der Waals surface area contributed by atoms with E-state index in [1.54, 1.807) is 0 Å². The van der Waals surface area contributed by atoms with Crippen LogP contribution in [0.5, 0.6) is 0 Å². The summed E-state index contributed by atoms with van der Waals surface area (Å²) in [6.07, 6.45) is 4.11. The maximum Gasteiger partial charge on any atom is 0.386 e. The number of hydrogen-bond donors (Lipinski definition) is 3. The van der Waals surface area contributed by atoms with Crippen molar-refractivity contribution in [3.63, 3.8) is 0 Å². The van der Waals surface area contributed by atoms with Crippen LogP contribution in [0.3, 0.4) is 0 Å². The summed E-state index contributed by atoms with van der Waals surface area (Å²) in [5, 5.41) is 18.0. The van der Waals surface area contributed by atoms with Crippen molar-refractivity contribution < 1.29 is 24.2 Å². The molecule has 1 unspecified atom stereocenters. The zero-order chi connectivity index (χ0) is 10.8. The molecule has 0 aromatic carbocycles. The maximum absolute atomic E-state index is 11.3. The third kappa shape index (κ3) is 3.04. The van der Waals surface area contributed by atoms with Crippen LogP contribution in [0.4, 0.5) is 0 Å². The summed E-state index contributed by atoms with van der Waals surface area (Å²) in [6.45, 7) is 0.858. The molecule has 0 radical (unpaired) electrons. The lowest BCUT2D eigenvalue weighted by atomic mass is 9.98. The van der Waals surface area contributed by atoms with Gasteiger partial charge in [-0.15, -0.1) is 0 Å². The molecule has 0 saturated heterocycles. The second-order valence-corrected chi connectivity index (χ2v) is 5.96. The summed E-state index contributed by atoms with van der Waals surface area (Å²) in [4.78, 5) is 9.24. The molecule has 6 heteroatoms. The summed E-state index contributed by atoms with van der Waals surface area (Å²) in [7, 11) is -4.33. The van der Waals surface area contributed by atoms with E-state index < -0.39 is 13.1 Å². The highest BCUT2D eigenvalue weighted by Gasteiger charge is 2.43. The SMILES string of the molecule is CC(O)(O)P(=O)(O)OC1CCCCC1. The molecule has 0 aliphatic heterocycles. The highest BCUT2D eigenvalue weighted by Crippen LogP contribution is 2.54. The van der Waals surface area contributed by atoms with Gasteiger partial charge in [-0.2, -0.15) is 0 Å². The summed E-state index contributed by atoms with van der Waals surface area (Å²) in [6, 6.07) is 0. The highest BCUT2D eigenvalue weighted by molar-refractivity contribution is 7.54. The van der Waals surface area contributed by atoms with Gasteiger partial charge in [-0.25, -0.2) is 0 Å².